The normalized spacial score (nSPS) is 10.4. The maximum absolute atomic E-state index is 12.5. The SMILES string of the molecule is C=CCNC(=O)c1nc(C(=O)NCc2ccccc2)n2ccccc12. The molecule has 0 aliphatic carbocycles. The van der Waals surface area contributed by atoms with Crippen molar-refractivity contribution in [3.05, 3.63) is 84.5 Å². The Morgan fingerprint density at radius 1 is 1.04 bits per heavy atom. The van der Waals surface area contributed by atoms with Crippen LogP contribution in [-0.2, 0) is 6.54 Å². The van der Waals surface area contributed by atoms with E-state index < -0.39 is 0 Å². The second-order valence-corrected chi connectivity index (χ2v) is 5.41. The number of pyridine rings is 1. The minimum absolute atomic E-state index is 0.176. The zero-order chi connectivity index (χ0) is 17.6. The van der Waals surface area contributed by atoms with Gasteiger partial charge in [-0.25, -0.2) is 4.98 Å². The lowest BCUT2D eigenvalue weighted by atomic mass is 10.2. The fourth-order valence-electron chi connectivity index (χ4n) is 2.47. The molecule has 0 aliphatic rings. The lowest BCUT2D eigenvalue weighted by Crippen LogP contribution is -2.26. The molecule has 2 N–H and O–H groups in total. The van der Waals surface area contributed by atoms with Crippen molar-refractivity contribution >= 4 is 17.3 Å². The van der Waals surface area contributed by atoms with Gasteiger partial charge in [-0.3, -0.25) is 14.0 Å². The van der Waals surface area contributed by atoms with Crippen molar-refractivity contribution in [1.82, 2.24) is 20.0 Å². The molecule has 3 rings (SSSR count). The van der Waals surface area contributed by atoms with E-state index >= 15 is 0 Å². The highest BCUT2D eigenvalue weighted by Crippen LogP contribution is 2.13. The standard InChI is InChI=1S/C19H18N4O2/c1-2-11-20-18(24)16-15-10-6-7-12-23(15)17(22-16)19(25)21-13-14-8-4-3-5-9-14/h2-10,12H,1,11,13H2,(H,20,24)(H,21,25). The third-order valence-corrected chi connectivity index (χ3v) is 3.67. The van der Waals surface area contributed by atoms with Gasteiger partial charge in [0.15, 0.2) is 5.69 Å². The van der Waals surface area contributed by atoms with Gasteiger partial charge in [-0.05, 0) is 17.7 Å². The topological polar surface area (TPSA) is 75.5 Å². The van der Waals surface area contributed by atoms with E-state index in [-0.39, 0.29) is 23.3 Å². The third kappa shape index (κ3) is 3.58. The minimum Gasteiger partial charge on any atom is -0.347 e. The average molecular weight is 334 g/mol. The molecule has 3 aromatic rings. The first-order chi connectivity index (χ1) is 12.2. The van der Waals surface area contributed by atoms with Crippen molar-refractivity contribution in [2.75, 3.05) is 6.54 Å². The van der Waals surface area contributed by atoms with Gasteiger partial charge in [0.2, 0.25) is 5.82 Å². The maximum atomic E-state index is 12.5. The van der Waals surface area contributed by atoms with E-state index in [1.165, 1.54) is 0 Å². The summed E-state index contributed by atoms with van der Waals surface area (Å²) in [7, 11) is 0. The van der Waals surface area contributed by atoms with Gasteiger partial charge < -0.3 is 10.6 Å². The summed E-state index contributed by atoms with van der Waals surface area (Å²) in [6.07, 6.45) is 3.30. The van der Waals surface area contributed by atoms with E-state index in [1.807, 2.05) is 30.3 Å². The monoisotopic (exact) mass is 334 g/mol. The summed E-state index contributed by atoms with van der Waals surface area (Å²) < 4.78 is 1.61. The van der Waals surface area contributed by atoms with Gasteiger partial charge in [0.05, 0.1) is 5.52 Å². The van der Waals surface area contributed by atoms with Crippen LogP contribution >= 0.6 is 0 Å². The van der Waals surface area contributed by atoms with Crippen LogP contribution in [0.15, 0.2) is 67.4 Å². The molecular formula is C19H18N4O2. The molecule has 6 nitrogen and oxygen atoms in total. The van der Waals surface area contributed by atoms with Crippen molar-refractivity contribution in [1.29, 1.82) is 0 Å². The Hall–Kier alpha value is -3.41. The smallest absolute Gasteiger partial charge is 0.287 e. The molecule has 0 radical (unpaired) electrons. The van der Waals surface area contributed by atoms with E-state index in [4.69, 9.17) is 0 Å². The summed E-state index contributed by atoms with van der Waals surface area (Å²) in [5.74, 6) is -0.506. The molecule has 0 saturated carbocycles. The highest BCUT2D eigenvalue weighted by Gasteiger charge is 2.20. The highest BCUT2D eigenvalue weighted by molar-refractivity contribution is 6.02. The molecule has 25 heavy (non-hydrogen) atoms. The molecule has 0 spiro atoms. The number of hydrogen-bond donors (Lipinski definition) is 2. The Balaban J connectivity index is 1.86. The number of imidazole rings is 1. The fourth-order valence-corrected chi connectivity index (χ4v) is 2.47. The van der Waals surface area contributed by atoms with Crippen molar-refractivity contribution in [2.24, 2.45) is 0 Å². The first-order valence-electron chi connectivity index (χ1n) is 7.89. The van der Waals surface area contributed by atoms with Gasteiger partial charge in [-0.2, -0.15) is 0 Å². The van der Waals surface area contributed by atoms with Crippen LogP contribution in [0.3, 0.4) is 0 Å². The second kappa shape index (κ2) is 7.44. The van der Waals surface area contributed by atoms with Crippen LogP contribution in [-0.4, -0.2) is 27.7 Å². The Labute approximate surface area is 145 Å². The molecule has 2 aromatic heterocycles. The predicted octanol–water partition coefficient (Wildman–Crippen LogP) is 2.18. The maximum Gasteiger partial charge on any atom is 0.287 e. The van der Waals surface area contributed by atoms with Crippen molar-refractivity contribution in [2.45, 2.75) is 6.54 Å². The zero-order valence-electron chi connectivity index (χ0n) is 13.6. The predicted molar refractivity (Wildman–Crippen MR) is 95.3 cm³/mol. The van der Waals surface area contributed by atoms with E-state index in [0.29, 0.717) is 18.6 Å². The van der Waals surface area contributed by atoms with E-state index in [2.05, 4.69) is 22.2 Å². The molecule has 0 saturated heterocycles. The van der Waals surface area contributed by atoms with E-state index in [1.54, 1.807) is 34.9 Å². The molecular weight excluding hydrogens is 316 g/mol. The van der Waals surface area contributed by atoms with Gasteiger partial charge in [0, 0.05) is 19.3 Å². The Morgan fingerprint density at radius 2 is 1.80 bits per heavy atom. The molecule has 6 heteroatoms. The van der Waals surface area contributed by atoms with Gasteiger partial charge in [-0.15, -0.1) is 6.58 Å². The van der Waals surface area contributed by atoms with Crippen LogP contribution in [0.4, 0.5) is 0 Å². The van der Waals surface area contributed by atoms with E-state index in [9.17, 15) is 9.59 Å². The number of rotatable bonds is 6. The molecule has 0 atom stereocenters. The first kappa shape index (κ1) is 16.4. The van der Waals surface area contributed by atoms with Crippen LogP contribution in [0, 0.1) is 0 Å². The van der Waals surface area contributed by atoms with Crippen molar-refractivity contribution < 1.29 is 9.59 Å². The van der Waals surface area contributed by atoms with E-state index in [0.717, 1.165) is 5.56 Å². The third-order valence-electron chi connectivity index (χ3n) is 3.67. The molecule has 0 fully saturated rings. The van der Waals surface area contributed by atoms with Crippen LogP contribution in [0.5, 0.6) is 0 Å². The summed E-state index contributed by atoms with van der Waals surface area (Å²) in [4.78, 5) is 29.1. The molecule has 0 unspecified atom stereocenters. The summed E-state index contributed by atoms with van der Waals surface area (Å²) in [6.45, 7) is 4.29. The number of fused-ring (bicyclic) bond motifs is 1. The number of aromatic nitrogens is 2. The van der Waals surface area contributed by atoms with Crippen LogP contribution < -0.4 is 10.6 Å². The molecule has 1 aromatic carbocycles. The number of nitrogens with zero attached hydrogens (tertiary/aromatic N) is 2. The number of carbonyl (C=O) groups is 2. The minimum atomic E-state index is -0.342. The summed E-state index contributed by atoms with van der Waals surface area (Å²) in [6, 6.07) is 14.9. The largest absolute Gasteiger partial charge is 0.347 e. The summed E-state index contributed by atoms with van der Waals surface area (Å²) in [5.41, 5.74) is 1.78. The molecule has 126 valence electrons. The van der Waals surface area contributed by atoms with Gasteiger partial charge in [0.1, 0.15) is 0 Å². The lowest BCUT2D eigenvalue weighted by Gasteiger charge is -2.04. The van der Waals surface area contributed by atoms with Crippen LogP contribution in [0.25, 0.3) is 5.52 Å². The second-order valence-electron chi connectivity index (χ2n) is 5.41. The highest BCUT2D eigenvalue weighted by atomic mass is 16.2. The summed E-state index contributed by atoms with van der Waals surface area (Å²) in [5, 5.41) is 5.52. The summed E-state index contributed by atoms with van der Waals surface area (Å²) >= 11 is 0. The van der Waals surface area contributed by atoms with Crippen molar-refractivity contribution in [3.8, 4) is 0 Å². The number of benzene rings is 1. The quantitative estimate of drug-likeness (QED) is 0.679. The lowest BCUT2D eigenvalue weighted by molar-refractivity contribution is 0.0940. The number of nitrogens with one attached hydrogen (secondary N) is 2. The zero-order valence-corrected chi connectivity index (χ0v) is 13.6. The Bertz CT molecular complexity index is 916. The van der Waals surface area contributed by atoms with Crippen LogP contribution in [0.2, 0.25) is 0 Å². The molecule has 2 amide bonds. The average Bonchev–Trinajstić information content (AvgIpc) is 3.05. The first-order valence-corrected chi connectivity index (χ1v) is 7.89. The molecule has 0 aliphatic heterocycles. The van der Waals surface area contributed by atoms with Gasteiger partial charge >= 0.3 is 0 Å². The molecule has 0 bridgehead atoms. The fraction of sp³-hybridized carbons (Fsp3) is 0.105. The van der Waals surface area contributed by atoms with Crippen LogP contribution in [0.1, 0.15) is 26.7 Å². The number of carbonyl (C=O) groups excluding carboxylic acids is 2. The molecule has 2 heterocycles. The van der Waals surface area contributed by atoms with Gasteiger partial charge in [-0.1, -0.05) is 42.5 Å². The Kier molecular flexibility index (Phi) is 4.89. The Morgan fingerprint density at radius 3 is 2.56 bits per heavy atom. The van der Waals surface area contributed by atoms with Gasteiger partial charge in [0.25, 0.3) is 11.8 Å². The number of hydrogen-bond acceptors (Lipinski definition) is 3. The number of amides is 2. The van der Waals surface area contributed by atoms with Crippen molar-refractivity contribution in [3.63, 3.8) is 0 Å².